The molecule has 0 aromatic heterocycles. The molecule has 0 amide bonds. The van der Waals surface area contributed by atoms with Gasteiger partial charge in [0, 0.05) is 32.2 Å². The molecular formula is C15H21F3N2. The smallest absolute Gasteiger partial charge is 0.194 e. The van der Waals surface area contributed by atoms with Crippen LogP contribution in [0.5, 0.6) is 0 Å². The number of hydrogen-bond acceptors (Lipinski definition) is 2. The van der Waals surface area contributed by atoms with Crippen LogP contribution in [0.2, 0.25) is 0 Å². The molecule has 0 bridgehead atoms. The summed E-state index contributed by atoms with van der Waals surface area (Å²) in [5.41, 5.74) is 0.525. The molecule has 0 spiro atoms. The number of nitrogens with zero attached hydrogens (tertiary/aromatic N) is 1. The first-order valence-electron chi connectivity index (χ1n) is 7.08. The number of halogens is 3. The lowest BCUT2D eigenvalue weighted by atomic mass is 9.94. The quantitative estimate of drug-likeness (QED) is 0.856. The van der Waals surface area contributed by atoms with Crippen molar-refractivity contribution in [1.82, 2.24) is 10.2 Å². The maximum absolute atomic E-state index is 13.5. The van der Waals surface area contributed by atoms with E-state index in [1.165, 1.54) is 0 Å². The van der Waals surface area contributed by atoms with Crippen molar-refractivity contribution in [3.05, 3.63) is 35.1 Å². The van der Waals surface area contributed by atoms with Crippen molar-refractivity contribution in [2.75, 3.05) is 26.2 Å². The Hall–Kier alpha value is -1.07. The molecule has 1 aromatic carbocycles. The van der Waals surface area contributed by atoms with Crippen LogP contribution in [-0.4, -0.2) is 31.1 Å². The third-order valence-electron chi connectivity index (χ3n) is 3.68. The summed E-state index contributed by atoms with van der Waals surface area (Å²) in [5.74, 6) is -3.21. The monoisotopic (exact) mass is 286 g/mol. The lowest BCUT2D eigenvalue weighted by Gasteiger charge is -2.36. The average Bonchev–Trinajstić information content (AvgIpc) is 2.42. The van der Waals surface area contributed by atoms with Crippen molar-refractivity contribution in [2.45, 2.75) is 26.3 Å². The van der Waals surface area contributed by atoms with Gasteiger partial charge in [0.15, 0.2) is 17.5 Å². The van der Waals surface area contributed by atoms with Gasteiger partial charge in [-0.25, -0.2) is 13.2 Å². The second-order valence-corrected chi connectivity index (χ2v) is 5.73. The molecule has 20 heavy (non-hydrogen) atoms. The molecule has 1 aliphatic heterocycles. The van der Waals surface area contributed by atoms with Crippen molar-refractivity contribution >= 4 is 0 Å². The minimum atomic E-state index is -1.39. The number of benzene rings is 1. The fourth-order valence-electron chi connectivity index (χ4n) is 2.70. The zero-order chi connectivity index (χ0) is 14.7. The lowest BCUT2D eigenvalue weighted by Crippen LogP contribution is -2.45. The Morgan fingerprint density at radius 1 is 1.10 bits per heavy atom. The summed E-state index contributed by atoms with van der Waals surface area (Å²) < 4.78 is 40.0. The highest BCUT2D eigenvalue weighted by Gasteiger charge is 2.25. The molecule has 1 N–H and O–H groups in total. The highest BCUT2D eigenvalue weighted by atomic mass is 19.2. The third kappa shape index (κ3) is 3.52. The Morgan fingerprint density at radius 3 is 2.15 bits per heavy atom. The first-order valence-corrected chi connectivity index (χ1v) is 7.08. The van der Waals surface area contributed by atoms with E-state index in [1.54, 1.807) is 0 Å². The van der Waals surface area contributed by atoms with E-state index in [1.807, 2.05) is 0 Å². The van der Waals surface area contributed by atoms with E-state index in [4.69, 9.17) is 0 Å². The minimum Gasteiger partial charge on any atom is -0.314 e. The highest BCUT2D eigenvalue weighted by molar-refractivity contribution is 5.23. The second kappa shape index (κ2) is 6.59. The molecule has 0 unspecified atom stereocenters. The van der Waals surface area contributed by atoms with Gasteiger partial charge in [-0.05, 0) is 30.0 Å². The molecule has 1 fully saturated rings. The standard InChI is InChI=1S/C15H21F3N2/c1-10(2)7-14(20-5-3-19-4-6-20)11-8-12(16)15(18)13(17)9-11/h8-10,14,19H,3-7H2,1-2H3/t14-/m1/s1. The Labute approximate surface area is 118 Å². The fraction of sp³-hybridized carbons (Fsp3) is 0.600. The SMILES string of the molecule is CC(C)C[C@H](c1cc(F)c(F)c(F)c1)N1CCNCC1. The van der Waals surface area contributed by atoms with E-state index in [9.17, 15) is 13.2 Å². The van der Waals surface area contributed by atoms with Gasteiger partial charge in [0.25, 0.3) is 0 Å². The van der Waals surface area contributed by atoms with Crippen LogP contribution in [0.25, 0.3) is 0 Å². The number of piperazine rings is 1. The normalized spacial score (nSPS) is 18.5. The summed E-state index contributed by atoms with van der Waals surface area (Å²) in [6.45, 7) is 7.54. The third-order valence-corrected chi connectivity index (χ3v) is 3.68. The summed E-state index contributed by atoms with van der Waals surface area (Å²) in [6, 6.07) is 2.20. The van der Waals surface area contributed by atoms with Gasteiger partial charge in [-0.2, -0.15) is 0 Å². The van der Waals surface area contributed by atoms with Gasteiger partial charge in [0.2, 0.25) is 0 Å². The molecule has 112 valence electrons. The van der Waals surface area contributed by atoms with Gasteiger partial charge in [0.1, 0.15) is 0 Å². The van der Waals surface area contributed by atoms with Crippen molar-refractivity contribution < 1.29 is 13.2 Å². The molecular weight excluding hydrogens is 265 g/mol. The first kappa shape index (κ1) is 15.3. The van der Waals surface area contributed by atoms with Gasteiger partial charge in [-0.3, -0.25) is 4.90 Å². The Kier molecular flexibility index (Phi) is 5.05. The largest absolute Gasteiger partial charge is 0.314 e. The van der Waals surface area contributed by atoms with E-state index in [-0.39, 0.29) is 6.04 Å². The fourth-order valence-corrected chi connectivity index (χ4v) is 2.70. The van der Waals surface area contributed by atoms with E-state index in [0.717, 1.165) is 44.7 Å². The Bertz CT molecular complexity index is 433. The van der Waals surface area contributed by atoms with Crippen LogP contribution in [0.3, 0.4) is 0 Å². The molecule has 1 heterocycles. The van der Waals surface area contributed by atoms with Gasteiger partial charge in [-0.1, -0.05) is 13.8 Å². The molecule has 2 rings (SSSR count). The molecule has 1 aliphatic rings. The lowest BCUT2D eigenvalue weighted by molar-refractivity contribution is 0.153. The van der Waals surface area contributed by atoms with Crippen molar-refractivity contribution in [3.63, 3.8) is 0 Å². The van der Waals surface area contributed by atoms with Gasteiger partial charge in [-0.15, -0.1) is 0 Å². The van der Waals surface area contributed by atoms with E-state index < -0.39 is 17.5 Å². The molecule has 1 saturated heterocycles. The van der Waals surface area contributed by atoms with Crippen LogP contribution >= 0.6 is 0 Å². The van der Waals surface area contributed by atoms with Gasteiger partial charge in [0.05, 0.1) is 0 Å². The predicted molar refractivity (Wildman–Crippen MR) is 73.0 cm³/mol. The zero-order valence-electron chi connectivity index (χ0n) is 11.9. The Balaban J connectivity index is 2.30. The summed E-state index contributed by atoms with van der Waals surface area (Å²) in [6.07, 6.45) is 0.796. The first-order chi connectivity index (χ1) is 9.49. The topological polar surface area (TPSA) is 15.3 Å². The maximum Gasteiger partial charge on any atom is 0.194 e. The number of hydrogen-bond donors (Lipinski definition) is 1. The van der Waals surface area contributed by atoms with Crippen molar-refractivity contribution in [1.29, 1.82) is 0 Å². The van der Waals surface area contributed by atoms with Crippen LogP contribution in [0, 0.1) is 23.4 Å². The molecule has 1 aromatic rings. The van der Waals surface area contributed by atoms with E-state index in [2.05, 4.69) is 24.1 Å². The minimum absolute atomic E-state index is 0.0679. The molecule has 5 heteroatoms. The molecule has 2 nitrogen and oxygen atoms in total. The van der Waals surface area contributed by atoms with Crippen molar-refractivity contribution in [3.8, 4) is 0 Å². The summed E-state index contributed by atoms with van der Waals surface area (Å²) >= 11 is 0. The number of rotatable bonds is 4. The summed E-state index contributed by atoms with van der Waals surface area (Å²) in [4.78, 5) is 2.21. The average molecular weight is 286 g/mol. The Morgan fingerprint density at radius 2 is 1.65 bits per heavy atom. The second-order valence-electron chi connectivity index (χ2n) is 5.73. The summed E-state index contributed by atoms with van der Waals surface area (Å²) in [7, 11) is 0. The maximum atomic E-state index is 13.5. The van der Waals surface area contributed by atoms with Crippen LogP contribution in [0.15, 0.2) is 12.1 Å². The number of nitrogens with one attached hydrogen (secondary N) is 1. The van der Waals surface area contributed by atoms with E-state index in [0.29, 0.717) is 11.5 Å². The molecule has 1 atom stereocenters. The predicted octanol–water partition coefficient (Wildman–Crippen LogP) is 3.10. The zero-order valence-corrected chi connectivity index (χ0v) is 11.9. The molecule has 0 saturated carbocycles. The van der Waals surface area contributed by atoms with Crippen LogP contribution in [0.1, 0.15) is 31.9 Å². The van der Waals surface area contributed by atoms with Crippen LogP contribution in [0.4, 0.5) is 13.2 Å². The van der Waals surface area contributed by atoms with Gasteiger partial charge < -0.3 is 5.32 Å². The summed E-state index contributed by atoms with van der Waals surface area (Å²) in [5, 5.41) is 3.26. The highest BCUT2D eigenvalue weighted by Crippen LogP contribution is 2.30. The molecule has 0 radical (unpaired) electrons. The molecule has 0 aliphatic carbocycles. The van der Waals surface area contributed by atoms with E-state index >= 15 is 0 Å². The van der Waals surface area contributed by atoms with Crippen LogP contribution < -0.4 is 5.32 Å². The van der Waals surface area contributed by atoms with Gasteiger partial charge >= 0.3 is 0 Å². The van der Waals surface area contributed by atoms with Crippen LogP contribution in [-0.2, 0) is 0 Å². The van der Waals surface area contributed by atoms with Crippen molar-refractivity contribution in [2.24, 2.45) is 5.92 Å².